The average Bonchev–Trinajstić information content (AvgIpc) is 3.27. The van der Waals surface area contributed by atoms with Gasteiger partial charge in [0.15, 0.2) is 0 Å². The van der Waals surface area contributed by atoms with Crippen LogP contribution in [0, 0.1) is 5.92 Å². The molecule has 3 N–H and O–H groups in total. The van der Waals surface area contributed by atoms with E-state index in [0.717, 1.165) is 10.4 Å². The number of nitrogens with one attached hydrogen (secondary N) is 3. The van der Waals surface area contributed by atoms with Crippen LogP contribution in [-0.2, 0) is 32.6 Å². The Hall–Kier alpha value is -3.17. The van der Waals surface area contributed by atoms with Gasteiger partial charge in [-0.05, 0) is 53.4 Å². The lowest BCUT2D eigenvalue weighted by molar-refractivity contribution is -0.120. The highest BCUT2D eigenvalue weighted by molar-refractivity contribution is 7.92. The normalized spacial score (nSPS) is 11.2. The minimum absolute atomic E-state index is 0.0806. The molecule has 0 radical (unpaired) electrons. The van der Waals surface area contributed by atoms with Gasteiger partial charge in [-0.15, -0.1) is 11.3 Å². The minimum Gasteiger partial charge on any atom is -0.351 e. The number of sulfonamides is 1. The van der Waals surface area contributed by atoms with Gasteiger partial charge in [-0.3, -0.25) is 14.3 Å². The van der Waals surface area contributed by atoms with E-state index in [1.54, 1.807) is 61.6 Å². The van der Waals surface area contributed by atoms with E-state index < -0.39 is 10.0 Å². The van der Waals surface area contributed by atoms with Crippen molar-refractivity contribution in [1.82, 2.24) is 5.32 Å². The van der Waals surface area contributed by atoms with Crippen molar-refractivity contribution in [3.8, 4) is 0 Å². The molecule has 168 valence electrons. The molecule has 0 unspecified atom stereocenters. The summed E-state index contributed by atoms with van der Waals surface area (Å²) in [6.45, 7) is 4.05. The van der Waals surface area contributed by atoms with Gasteiger partial charge in [0.05, 0.1) is 17.9 Å². The molecule has 0 aliphatic rings. The quantitative estimate of drug-likeness (QED) is 0.439. The molecule has 2 amide bonds. The van der Waals surface area contributed by atoms with Crippen molar-refractivity contribution in [1.29, 1.82) is 0 Å². The lowest BCUT2D eigenvalue weighted by Gasteiger charge is -2.11. The molecule has 0 aliphatic heterocycles. The van der Waals surface area contributed by atoms with Gasteiger partial charge in [-0.1, -0.05) is 32.0 Å². The topological polar surface area (TPSA) is 104 Å². The largest absolute Gasteiger partial charge is 0.351 e. The zero-order valence-electron chi connectivity index (χ0n) is 17.8. The molecule has 0 fully saturated rings. The fourth-order valence-electron chi connectivity index (χ4n) is 2.76. The second kappa shape index (κ2) is 10.4. The zero-order valence-corrected chi connectivity index (χ0v) is 19.4. The molecule has 0 saturated carbocycles. The molecule has 1 heterocycles. The van der Waals surface area contributed by atoms with Crippen LogP contribution >= 0.6 is 11.3 Å². The maximum atomic E-state index is 12.6. The van der Waals surface area contributed by atoms with Crippen molar-refractivity contribution in [2.24, 2.45) is 5.92 Å². The molecule has 9 heteroatoms. The van der Waals surface area contributed by atoms with Crippen LogP contribution in [0.15, 0.2) is 70.9 Å². The summed E-state index contributed by atoms with van der Waals surface area (Å²) in [5.41, 5.74) is 1.70. The number of rotatable bonds is 9. The lowest BCUT2D eigenvalue weighted by Crippen LogP contribution is -2.24. The van der Waals surface area contributed by atoms with E-state index in [2.05, 4.69) is 15.4 Å². The smallest absolute Gasteiger partial charge is 0.261 e. The SMILES string of the molecule is CC(C)C(=O)Nc1ccc(S(=O)(=O)Nc2ccc(CC(=O)NCc3cccs3)cc2)cc1. The van der Waals surface area contributed by atoms with E-state index in [-0.39, 0.29) is 29.0 Å². The fourth-order valence-corrected chi connectivity index (χ4v) is 4.46. The number of carbonyl (C=O) groups is 2. The maximum Gasteiger partial charge on any atom is 0.261 e. The highest BCUT2D eigenvalue weighted by Gasteiger charge is 2.15. The standard InChI is InChI=1S/C23H25N3O4S2/c1-16(2)23(28)25-18-9-11-21(12-10-18)32(29,30)26-19-7-5-17(6-8-19)14-22(27)24-15-20-4-3-13-31-20/h3-13,16,26H,14-15H2,1-2H3,(H,24,27)(H,25,28). The number of benzene rings is 2. The van der Waals surface area contributed by atoms with Gasteiger partial charge in [0.2, 0.25) is 11.8 Å². The number of hydrogen-bond donors (Lipinski definition) is 3. The van der Waals surface area contributed by atoms with Gasteiger partial charge in [0.25, 0.3) is 10.0 Å². The van der Waals surface area contributed by atoms with Crippen LogP contribution in [0.2, 0.25) is 0 Å². The molecule has 2 aromatic carbocycles. The van der Waals surface area contributed by atoms with Crippen molar-refractivity contribution in [3.05, 3.63) is 76.5 Å². The fraction of sp³-hybridized carbons (Fsp3) is 0.217. The van der Waals surface area contributed by atoms with Gasteiger partial charge < -0.3 is 10.6 Å². The van der Waals surface area contributed by atoms with Crippen LogP contribution in [0.1, 0.15) is 24.3 Å². The predicted molar refractivity (Wildman–Crippen MR) is 127 cm³/mol. The van der Waals surface area contributed by atoms with Crippen molar-refractivity contribution in [2.45, 2.75) is 31.7 Å². The summed E-state index contributed by atoms with van der Waals surface area (Å²) in [5.74, 6) is -0.412. The van der Waals surface area contributed by atoms with Crippen LogP contribution < -0.4 is 15.4 Å². The van der Waals surface area contributed by atoms with Crippen LogP contribution in [0.25, 0.3) is 0 Å². The number of amides is 2. The molecule has 3 aromatic rings. The highest BCUT2D eigenvalue weighted by atomic mass is 32.2. The second-order valence-corrected chi connectivity index (χ2v) is 10.2. The third-order valence-corrected chi connectivity index (χ3v) is 6.84. The maximum absolute atomic E-state index is 12.6. The Labute approximate surface area is 191 Å². The molecule has 0 saturated heterocycles. The van der Waals surface area contributed by atoms with Gasteiger partial charge >= 0.3 is 0 Å². The summed E-state index contributed by atoms with van der Waals surface area (Å²) in [4.78, 5) is 25.0. The molecule has 32 heavy (non-hydrogen) atoms. The van der Waals surface area contributed by atoms with E-state index >= 15 is 0 Å². The van der Waals surface area contributed by atoms with Gasteiger partial charge in [0, 0.05) is 22.2 Å². The van der Waals surface area contributed by atoms with Crippen molar-refractivity contribution >= 4 is 44.5 Å². The number of hydrogen-bond acceptors (Lipinski definition) is 5. The van der Waals surface area contributed by atoms with Crippen LogP contribution in [0.4, 0.5) is 11.4 Å². The average molecular weight is 472 g/mol. The zero-order chi connectivity index (χ0) is 23.1. The molecule has 1 aromatic heterocycles. The van der Waals surface area contributed by atoms with E-state index in [1.165, 1.54) is 12.1 Å². The first-order chi connectivity index (χ1) is 15.2. The van der Waals surface area contributed by atoms with Gasteiger partial charge in [0.1, 0.15) is 0 Å². The van der Waals surface area contributed by atoms with Crippen LogP contribution in [0.3, 0.4) is 0 Å². The predicted octanol–water partition coefficient (Wildman–Crippen LogP) is 4.00. The monoisotopic (exact) mass is 471 g/mol. The first-order valence-electron chi connectivity index (χ1n) is 10.0. The third kappa shape index (κ3) is 6.66. The first-order valence-corrected chi connectivity index (χ1v) is 12.4. The molecular formula is C23H25N3O4S2. The molecule has 3 rings (SSSR count). The van der Waals surface area contributed by atoms with Crippen molar-refractivity contribution < 1.29 is 18.0 Å². The Morgan fingerprint density at radius 1 is 0.938 bits per heavy atom. The summed E-state index contributed by atoms with van der Waals surface area (Å²) >= 11 is 1.58. The van der Waals surface area contributed by atoms with Crippen LogP contribution in [-0.4, -0.2) is 20.2 Å². The first kappa shape index (κ1) is 23.5. The Morgan fingerprint density at radius 2 is 1.59 bits per heavy atom. The van der Waals surface area contributed by atoms with Crippen LogP contribution in [0.5, 0.6) is 0 Å². The van der Waals surface area contributed by atoms with E-state index in [0.29, 0.717) is 17.9 Å². The number of anilines is 2. The number of carbonyl (C=O) groups excluding carboxylic acids is 2. The van der Waals surface area contributed by atoms with E-state index in [9.17, 15) is 18.0 Å². The van der Waals surface area contributed by atoms with E-state index in [1.807, 2.05) is 17.5 Å². The Balaban J connectivity index is 1.56. The molecular weight excluding hydrogens is 446 g/mol. The molecule has 0 bridgehead atoms. The highest BCUT2D eigenvalue weighted by Crippen LogP contribution is 2.19. The summed E-state index contributed by atoms with van der Waals surface area (Å²) < 4.78 is 27.8. The summed E-state index contributed by atoms with van der Waals surface area (Å²) in [6.07, 6.45) is 0.210. The minimum atomic E-state index is -3.79. The molecule has 0 aliphatic carbocycles. The summed E-state index contributed by atoms with van der Waals surface area (Å²) in [7, 11) is -3.79. The summed E-state index contributed by atoms with van der Waals surface area (Å²) in [5, 5.41) is 7.54. The van der Waals surface area contributed by atoms with E-state index in [4.69, 9.17) is 0 Å². The Morgan fingerprint density at radius 3 is 2.19 bits per heavy atom. The molecule has 0 spiro atoms. The number of thiophene rings is 1. The van der Waals surface area contributed by atoms with Gasteiger partial charge in [-0.2, -0.15) is 0 Å². The lowest BCUT2D eigenvalue weighted by atomic mass is 10.1. The molecule has 0 atom stereocenters. The Bertz CT molecular complexity index is 1150. The Kier molecular flexibility index (Phi) is 7.66. The third-order valence-electron chi connectivity index (χ3n) is 4.57. The van der Waals surface area contributed by atoms with Crippen molar-refractivity contribution in [3.63, 3.8) is 0 Å². The van der Waals surface area contributed by atoms with Crippen molar-refractivity contribution in [2.75, 3.05) is 10.0 Å². The second-order valence-electron chi connectivity index (χ2n) is 7.50. The summed E-state index contributed by atoms with van der Waals surface area (Å²) in [6, 6.07) is 16.5. The van der Waals surface area contributed by atoms with Gasteiger partial charge in [-0.25, -0.2) is 8.42 Å². The molecule has 7 nitrogen and oxygen atoms in total.